The summed E-state index contributed by atoms with van der Waals surface area (Å²) in [6.45, 7) is 0. The topological polar surface area (TPSA) is 38.0 Å². The lowest BCUT2D eigenvalue weighted by Crippen LogP contribution is -1.93. The number of hydrogen-bond acceptors (Lipinski definition) is 2. The van der Waals surface area contributed by atoms with Gasteiger partial charge in [0.1, 0.15) is 5.82 Å². The van der Waals surface area contributed by atoms with E-state index in [2.05, 4.69) is 37.2 Å². The van der Waals surface area contributed by atoms with Crippen LogP contribution in [0.1, 0.15) is 0 Å². The summed E-state index contributed by atoms with van der Waals surface area (Å²) in [5.74, 6) is -0.285. The fourth-order valence-corrected chi connectivity index (χ4v) is 2.24. The van der Waals surface area contributed by atoms with Crippen LogP contribution in [0.15, 0.2) is 45.3 Å². The minimum Gasteiger partial charge on any atom is -0.399 e. The van der Waals surface area contributed by atoms with Crippen molar-refractivity contribution in [2.75, 3.05) is 11.1 Å². The Balaban J connectivity index is 2.28. The molecule has 0 bridgehead atoms. The highest BCUT2D eigenvalue weighted by Gasteiger charge is 2.03. The summed E-state index contributed by atoms with van der Waals surface area (Å²) in [7, 11) is 0. The van der Waals surface area contributed by atoms with E-state index in [0.29, 0.717) is 10.2 Å². The van der Waals surface area contributed by atoms with E-state index in [1.807, 2.05) is 6.07 Å². The second-order valence-electron chi connectivity index (χ2n) is 3.49. The lowest BCUT2D eigenvalue weighted by atomic mass is 10.2. The van der Waals surface area contributed by atoms with Gasteiger partial charge in [0, 0.05) is 15.8 Å². The van der Waals surface area contributed by atoms with Crippen LogP contribution in [0.4, 0.5) is 21.5 Å². The molecule has 0 saturated carbocycles. The van der Waals surface area contributed by atoms with Crippen molar-refractivity contribution in [1.29, 1.82) is 0 Å². The smallest absolute Gasteiger partial charge is 0.137 e. The molecule has 0 heterocycles. The van der Waals surface area contributed by atoms with E-state index in [9.17, 15) is 4.39 Å². The highest BCUT2D eigenvalue weighted by atomic mass is 79.9. The summed E-state index contributed by atoms with van der Waals surface area (Å²) in [6, 6.07) is 10.2. The summed E-state index contributed by atoms with van der Waals surface area (Å²) in [5, 5.41) is 3.17. The first-order valence-corrected chi connectivity index (χ1v) is 6.42. The van der Waals surface area contributed by atoms with Crippen LogP contribution in [-0.4, -0.2) is 0 Å². The predicted octanol–water partition coefficient (Wildman–Crippen LogP) is 4.68. The standard InChI is InChI=1S/C12H9Br2FN2/c13-9-6-8(2-3-11(9)15)17-12-4-1-7(16)5-10(12)14/h1-6,17H,16H2. The minimum absolute atomic E-state index is 0.285. The Kier molecular flexibility index (Phi) is 3.69. The molecule has 0 spiro atoms. The molecule has 0 atom stereocenters. The maximum absolute atomic E-state index is 13.1. The molecule has 2 rings (SSSR count). The predicted molar refractivity (Wildman–Crippen MR) is 75.9 cm³/mol. The third-order valence-electron chi connectivity index (χ3n) is 2.19. The Morgan fingerprint density at radius 2 is 1.76 bits per heavy atom. The van der Waals surface area contributed by atoms with Gasteiger partial charge in [0.15, 0.2) is 0 Å². The molecule has 0 unspecified atom stereocenters. The van der Waals surface area contributed by atoms with Gasteiger partial charge in [-0.15, -0.1) is 0 Å². The normalized spacial score (nSPS) is 10.3. The first-order valence-electron chi connectivity index (χ1n) is 4.83. The van der Waals surface area contributed by atoms with Gasteiger partial charge in [0.25, 0.3) is 0 Å². The van der Waals surface area contributed by atoms with Gasteiger partial charge in [-0.1, -0.05) is 0 Å². The molecule has 0 amide bonds. The summed E-state index contributed by atoms with van der Waals surface area (Å²) in [4.78, 5) is 0. The Hall–Kier alpha value is -1.07. The number of nitrogen functional groups attached to an aromatic ring is 1. The Morgan fingerprint density at radius 1 is 1.00 bits per heavy atom. The SMILES string of the molecule is Nc1ccc(Nc2ccc(F)c(Br)c2)c(Br)c1. The maximum Gasteiger partial charge on any atom is 0.137 e. The van der Waals surface area contributed by atoms with Crippen LogP contribution >= 0.6 is 31.9 Å². The first-order chi connectivity index (χ1) is 8.06. The van der Waals surface area contributed by atoms with Crippen LogP contribution in [-0.2, 0) is 0 Å². The van der Waals surface area contributed by atoms with E-state index in [4.69, 9.17) is 5.73 Å². The van der Waals surface area contributed by atoms with Crippen molar-refractivity contribution in [3.63, 3.8) is 0 Å². The molecule has 0 aliphatic heterocycles. The molecule has 2 aromatic rings. The van der Waals surface area contributed by atoms with Gasteiger partial charge in [0.05, 0.1) is 10.2 Å². The van der Waals surface area contributed by atoms with Crippen molar-refractivity contribution in [3.05, 3.63) is 51.2 Å². The van der Waals surface area contributed by atoms with E-state index in [0.717, 1.165) is 15.8 Å². The van der Waals surface area contributed by atoms with E-state index in [1.54, 1.807) is 24.3 Å². The quantitative estimate of drug-likeness (QED) is 0.764. The van der Waals surface area contributed by atoms with Gasteiger partial charge in [-0.05, 0) is 68.3 Å². The van der Waals surface area contributed by atoms with Crippen LogP contribution in [0.25, 0.3) is 0 Å². The molecule has 88 valence electrons. The maximum atomic E-state index is 13.1. The minimum atomic E-state index is -0.285. The van der Waals surface area contributed by atoms with Crippen molar-refractivity contribution in [1.82, 2.24) is 0 Å². The molecule has 17 heavy (non-hydrogen) atoms. The number of nitrogens with two attached hydrogens (primary N) is 1. The summed E-state index contributed by atoms with van der Waals surface area (Å²) in [6.07, 6.45) is 0. The molecule has 0 aliphatic carbocycles. The molecular weight excluding hydrogens is 351 g/mol. The number of nitrogens with one attached hydrogen (secondary N) is 1. The number of benzene rings is 2. The van der Waals surface area contributed by atoms with E-state index in [1.165, 1.54) is 6.07 Å². The Bertz CT molecular complexity index is 558. The summed E-state index contributed by atoms with van der Waals surface area (Å²) in [5.41, 5.74) is 8.00. The highest BCUT2D eigenvalue weighted by molar-refractivity contribution is 9.10. The van der Waals surface area contributed by atoms with Crippen LogP contribution in [0.5, 0.6) is 0 Å². The van der Waals surface area contributed by atoms with Crippen molar-refractivity contribution in [2.45, 2.75) is 0 Å². The van der Waals surface area contributed by atoms with Gasteiger partial charge in [-0.2, -0.15) is 0 Å². The van der Waals surface area contributed by atoms with Crippen molar-refractivity contribution in [2.24, 2.45) is 0 Å². The lowest BCUT2D eigenvalue weighted by molar-refractivity contribution is 0.621. The molecule has 0 fully saturated rings. The largest absolute Gasteiger partial charge is 0.399 e. The van der Waals surface area contributed by atoms with Crippen molar-refractivity contribution >= 4 is 48.9 Å². The van der Waals surface area contributed by atoms with Crippen molar-refractivity contribution < 1.29 is 4.39 Å². The number of hydrogen-bond donors (Lipinski definition) is 2. The fourth-order valence-electron chi connectivity index (χ4n) is 1.36. The van der Waals surface area contributed by atoms with Crippen LogP contribution < -0.4 is 11.1 Å². The summed E-state index contributed by atoms with van der Waals surface area (Å²) >= 11 is 6.55. The van der Waals surface area contributed by atoms with Gasteiger partial charge in [-0.25, -0.2) is 4.39 Å². The third kappa shape index (κ3) is 2.98. The molecule has 0 saturated heterocycles. The van der Waals surface area contributed by atoms with Gasteiger partial charge in [-0.3, -0.25) is 0 Å². The molecule has 0 aromatic heterocycles. The molecule has 5 heteroatoms. The van der Waals surface area contributed by atoms with E-state index in [-0.39, 0.29) is 5.82 Å². The molecule has 3 N–H and O–H groups in total. The zero-order chi connectivity index (χ0) is 12.4. The van der Waals surface area contributed by atoms with Gasteiger partial charge < -0.3 is 11.1 Å². The van der Waals surface area contributed by atoms with Crippen molar-refractivity contribution in [3.8, 4) is 0 Å². The first kappa shape index (κ1) is 12.4. The van der Waals surface area contributed by atoms with Crippen LogP contribution in [0, 0.1) is 5.82 Å². The zero-order valence-corrected chi connectivity index (χ0v) is 11.8. The van der Waals surface area contributed by atoms with E-state index >= 15 is 0 Å². The third-order valence-corrected chi connectivity index (χ3v) is 3.46. The number of rotatable bonds is 2. The van der Waals surface area contributed by atoms with E-state index < -0.39 is 0 Å². The highest BCUT2D eigenvalue weighted by Crippen LogP contribution is 2.29. The number of anilines is 3. The molecule has 2 nitrogen and oxygen atoms in total. The lowest BCUT2D eigenvalue weighted by Gasteiger charge is -2.09. The fraction of sp³-hybridized carbons (Fsp3) is 0. The average molecular weight is 360 g/mol. The molecule has 2 aromatic carbocycles. The number of halogens is 3. The van der Waals surface area contributed by atoms with Gasteiger partial charge >= 0.3 is 0 Å². The molecular formula is C12H9Br2FN2. The van der Waals surface area contributed by atoms with Crippen LogP contribution in [0.2, 0.25) is 0 Å². The average Bonchev–Trinajstić information content (AvgIpc) is 2.27. The second-order valence-corrected chi connectivity index (χ2v) is 5.20. The van der Waals surface area contributed by atoms with Crippen LogP contribution in [0.3, 0.4) is 0 Å². The second kappa shape index (κ2) is 5.06. The molecule has 0 radical (unpaired) electrons. The Labute approximate surface area is 115 Å². The van der Waals surface area contributed by atoms with Gasteiger partial charge in [0.2, 0.25) is 0 Å². The summed E-state index contributed by atoms with van der Waals surface area (Å²) < 4.78 is 14.4. The molecule has 0 aliphatic rings. The monoisotopic (exact) mass is 358 g/mol. The zero-order valence-electron chi connectivity index (χ0n) is 8.68. The Morgan fingerprint density at radius 3 is 2.41 bits per heavy atom.